The second-order valence-corrected chi connectivity index (χ2v) is 6.19. The first kappa shape index (κ1) is 11.5. The molecule has 3 rings (SSSR count). The molecule has 1 saturated carbocycles. The molecule has 1 aromatic rings. The number of aromatic nitrogens is 1. The van der Waals surface area contributed by atoms with E-state index in [-0.39, 0.29) is 0 Å². The van der Waals surface area contributed by atoms with E-state index in [2.05, 4.69) is 28.7 Å². The van der Waals surface area contributed by atoms with Gasteiger partial charge in [0.2, 0.25) is 0 Å². The molecule has 0 radical (unpaired) electrons. The molecule has 2 nitrogen and oxygen atoms in total. The Bertz CT molecular complexity index is 394. The minimum atomic E-state index is 0.504. The average Bonchev–Trinajstić information content (AvgIpc) is 2.97. The molecule has 1 N–H and O–H groups in total. The summed E-state index contributed by atoms with van der Waals surface area (Å²) in [5.41, 5.74) is 2.75. The summed E-state index contributed by atoms with van der Waals surface area (Å²) in [6.45, 7) is 0. The van der Waals surface area contributed by atoms with Crippen LogP contribution in [0.5, 0.6) is 0 Å². The number of pyridine rings is 1. The summed E-state index contributed by atoms with van der Waals surface area (Å²) in [5.74, 6) is 0. The minimum absolute atomic E-state index is 0.504. The van der Waals surface area contributed by atoms with E-state index in [1.54, 1.807) is 0 Å². The Kier molecular flexibility index (Phi) is 3.39. The van der Waals surface area contributed by atoms with Gasteiger partial charge in [0.05, 0.1) is 11.7 Å². The number of rotatable bonds is 3. The summed E-state index contributed by atoms with van der Waals surface area (Å²) in [6.07, 6.45) is 10.7. The van der Waals surface area contributed by atoms with Crippen molar-refractivity contribution in [2.75, 3.05) is 6.26 Å². The standard InChI is InChI=1S/C14H20N2S/c1-17-13-6-2-5-11(13)16-12-8-7-10-4-3-9-15-14(10)12/h3-4,9,11-13,16H,2,5-8H2,1H3. The number of fused-ring (bicyclic) bond motifs is 1. The number of hydrogen-bond donors (Lipinski definition) is 1. The molecule has 3 atom stereocenters. The van der Waals surface area contributed by atoms with Crippen molar-refractivity contribution in [3.8, 4) is 0 Å². The molecular formula is C14H20N2S. The number of aryl methyl sites for hydroxylation is 1. The van der Waals surface area contributed by atoms with Crippen LogP contribution in [-0.4, -0.2) is 22.5 Å². The van der Waals surface area contributed by atoms with Gasteiger partial charge in [-0.1, -0.05) is 12.5 Å². The van der Waals surface area contributed by atoms with Crippen molar-refractivity contribution in [1.82, 2.24) is 10.3 Å². The molecule has 17 heavy (non-hydrogen) atoms. The molecule has 2 aliphatic carbocycles. The summed E-state index contributed by atoms with van der Waals surface area (Å²) in [5, 5.41) is 4.66. The van der Waals surface area contributed by atoms with Crippen molar-refractivity contribution < 1.29 is 0 Å². The fourth-order valence-electron chi connectivity index (χ4n) is 3.23. The summed E-state index contributed by atoms with van der Waals surface area (Å²) in [7, 11) is 0. The van der Waals surface area contributed by atoms with Crippen molar-refractivity contribution in [2.24, 2.45) is 0 Å². The highest BCUT2D eigenvalue weighted by molar-refractivity contribution is 7.99. The van der Waals surface area contributed by atoms with Crippen LogP contribution in [0.4, 0.5) is 0 Å². The zero-order valence-electron chi connectivity index (χ0n) is 10.4. The largest absolute Gasteiger partial charge is 0.305 e. The Hall–Kier alpha value is -0.540. The molecule has 0 aliphatic heterocycles. The zero-order chi connectivity index (χ0) is 11.7. The van der Waals surface area contributed by atoms with E-state index in [1.165, 1.54) is 43.4 Å². The van der Waals surface area contributed by atoms with Crippen molar-refractivity contribution in [1.29, 1.82) is 0 Å². The van der Waals surface area contributed by atoms with Crippen molar-refractivity contribution in [2.45, 2.75) is 49.4 Å². The summed E-state index contributed by atoms with van der Waals surface area (Å²) in [4.78, 5) is 4.56. The van der Waals surface area contributed by atoms with Gasteiger partial charge in [0, 0.05) is 17.5 Å². The van der Waals surface area contributed by atoms with Gasteiger partial charge in [-0.3, -0.25) is 4.98 Å². The van der Waals surface area contributed by atoms with E-state index < -0.39 is 0 Å². The van der Waals surface area contributed by atoms with Crippen molar-refractivity contribution >= 4 is 11.8 Å². The van der Waals surface area contributed by atoms with E-state index in [4.69, 9.17) is 0 Å². The monoisotopic (exact) mass is 248 g/mol. The van der Waals surface area contributed by atoms with E-state index >= 15 is 0 Å². The minimum Gasteiger partial charge on any atom is -0.305 e. The predicted octanol–water partition coefficient (Wildman–Crippen LogP) is 2.94. The molecular weight excluding hydrogens is 228 g/mol. The van der Waals surface area contributed by atoms with Gasteiger partial charge >= 0.3 is 0 Å². The number of nitrogens with zero attached hydrogens (tertiary/aromatic N) is 1. The first-order valence-electron chi connectivity index (χ1n) is 6.61. The van der Waals surface area contributed by atoms with Gasteiger partial charge < -0.3 is 5.32 Å². The fourth-order valence-corrected chi connectivity index (χ4v) is 4.18. The Morgan fingerprint density at radius 3 is 3.18 bits per heavy atom. The molecule has 3 heteroatoms. The van der Waals surface area contributed by atoms with E-state index in [0.29, 0.717) is 12.1 Å². The van der Waals surface area contributed by atoms with Crippen LogP contribution in [-0.2, 0) is 6.42 Å². The quantitative estimate of drug-likeness (QED) is 0.890. The highest BCUT2D eigenvalue weighted by Gasteiger charge is 2.31. The molecule has 0 saturated heterocycles. The van der Waals surface area contributed by atoms with Crippen LogP contribution in [0.2, 0.25) is 0 Å². The van der Waals surface area contributed by atoms with Gasteiger partial charge in [-0.2, -0.15) is 11.8 Å². The second-order valence-electron chi connectivity index (χ2n) is 5.12. The lowest BCUT2D eigenvalue weighted by molar-refractivity contribution is 0.437. The van der Waals surface area contributed by atoms with Gasteiger partial charge in [0.15, 0.2) is 0 Å². The van der Waals surface area contributed by atoms with Crippen molar-refractivity contribution in [3.05, 3.63) is 29.6 Å². The van der Waals surface area contributed by atoms with Crippen LogP contribution >= 0.6 is 11.8 Å². The third-order valence-corrected chi connectivity index (χ3v) is 5.30. The first-order valence-corrected chi connectivity index (χ1v) is 7.90. The van der Waals surface area contributed by atoms with E-state index in [0.717, 1.165) is 5.25 Å². The van der Waals surface area contributed by atoms with E-state index in [9.17, 15) is 0 Å². The summed E-state index contributed by atoms with van der Waals surface area (Å²) >= 11 is 2.02. The second kappa shape index (κ2) is 4.99. The van der Waals surface area contributed by atoms with Crippen LogP contribution in [0, 0.1) is 0 Å². The third-order valence-electron chi connectivity index (χ3n) is 4.13. The lowest BCUT2D eigenvalue weighted by Gasteiger charge is -2.23. The lowest BCUT2D eigenvalue weighted by Crippen LogP contribution is -2.36. The Labute approximate surface area is 108 Å². The van der Waals surface area contributed by atoms with Crippen LogP contribution in [0.3, 0.4) is 0 Å². The Balaban J connectivity index is 1.71. The maximum atomic E-state index is 4.56. The molecule has 0 aromatic carbocycles. The highest BCUT2D eigenvalue weighted by atomic mass is 32.2. The van der Waals surface area contributed by atoms with Gasteiger partial charge in [0.1, 0.15) is 0 Å². The van der Waals surface area contributed by atoms with E-state index in [1.807, 2.05) is 18.0 Å². The zero-order valence-corrected chi connectivity index (χ0v) is 11.2. The molecule has 0 amide bonds. The molecule has 3 unspecified atom stereocenters. The first-order chi connectivity index (χ1) is 8.38. The Morgan fingerprint density at radius 2 is 2.29 bits per heavy atom. The highest BCUT2D eigenvalue weighted by Crippen LogP contribution is 2.34. The van der Waals surface area contributed by atoms with Gasteiger partial charge in [-0.05, 0) is 43.6 Å². The molecule has 2 aliphatic rings. The van der Waals surface area contributed by atoms with Crippen LogP contribution in [0.15, 0.2) is 18.3 Å². The molecule has 0 bridgehead atoms. The molecule has 1 aromatic heterocycles. The fraction of sp³-hybridized carbons (Fsp3) is 0.643. The van der Waals surface area contributed by atoms with Gasteiger partial charge in [0.25, 0.3) is 0 Å². The van der Waals surface area contributed by atoms with Gasteiger partial charge in [-0.15, -0.1) is 0 Å². The van der Waals surface area contributed by atoms with Crippen molar-refractivity contribution in [3.63, 3.8) is 0 Å². The third kappa shape index (κ3) is 2.23. The van der Waals surface area contributed by atoms with Crippen LogP contribution < -0.4 is 5.32 Å². The molecule has 0 spiro atoms. The SMILES string of the molecule is CSC1CCCC1NC1CCc2cccnc21. The molecule has 1 heterocycles. The number of nitrogens with one attached hydrogen (secondary N) is 1. The summed E-state index contributed by atoms with van der Waals surface area (Å²) < 4.78 is 0. The van der Waals surface area contributed by atoms with Gasteiger partial charge in [-0.25, -0.2) is 0 Å². The number of hydrogen-bond acceptors (Lipinski definition) is 3. The topological polar surface area (TPSA) is 24.9 Å². The number of thioether (sulfide) groups is 1. The molecule has 92 valence electrons. The lowest BCUT2D eigenvalue weighted by atomic mass is 10.1. The maximum Gasteiger partial charge on any atom is 0.0605 e. The predicted molar refractivity (Wildman–Crippen MR) is 73.4 cm³/mol. The summed E-state index contributed by atoms with van der Waals surface area (Å²) in [6, 6.07) is 5.48. The Morgan fingerprint density at radius 1 is 1.35 bits per heavy atom. The van der Waals surface area contributed by atoms with Crippen LogP contribution in [0.25, 0.3) is 0 Å². The normalized spacial score (nSPS) is 31.7. The average molecular weight is 248 g/mol. The maximum absolute atomic E-state index is 4.56. The smallest absolute Gasteiger partial charge is 0.0605 e. The van der Waals surface area contributed by atoms with Crippen LogP contribution in [0.1, 0.15) is 43.0 Å². The molecule has 1 fully saturated rings.